The molecule has 0 aliphatic carbocycles. The van der Waals surface area contributed by atoms with Crippen LogP contribution in [0.3, 0.4) is 0 Å². The fourth-order valence-electron chi connectivity index (χ4n) is 4.31. The van der Waals surface area contributed by atoms with Gasteiger partial charge in [-0.2, -0.15) is 5.10 Å². The summed E-state index contributed by atoms with van der Waals surface area (Å²) in [4.78, 5) is 40.3. The molecular formula is C27H30N4O5. The Balaban J connectivity index is 1.38. The molecule has 9 nitrogen and oxygen atoms in total. The minimum atomic E-state index is -0.548. The molecule has 3 aromatic rings. The van der Waals surface area contributed by atoms with Crippen LogP contribution >= 0.6 is 0 Å². The van der Waals surface area contributed by atoms with Gasteiger partial charge in [-0.1, -0.05) is 18.2 Å². The first-order valence-electron chi connectivity index (χ1n) is 12.0. The van der Waals surface area contributed by atoms with Crippen molar-refractivity contribution in [3.05, 3.63) is 71.9 Å². The highest BCUT2D eigenvalue weighted by atomic mass is 16.5. The van der Waals surface area contributed by atoms with Crippen molar-refractivity contribution < 1.29 is 23.9 Å². The third-order valence-corrected chi connectivity index (χ3v) is 6.22. The summed E-state index contributed by atoms with van der Waals surface area (Å²) in [5, 5.41) is 7.16. The average Bonchev–Trinajstić information content (AvgIpc) is 3.32. The summed E-state index contributed by atoms with van der Waals surface area (Å²) in [5.41, 5.74) is 1.58. The summed E-state index contributed by atoms with van der Waals surface area (Å²) in [5.74, 6) is 0.215. The van der Waals surface area contributed by atoms with E-state index in [1.54, 1.807) is 38.3 Å². The number of aromatic nitrogens is 2. The topological polar surface area (TPSA) is 103 Å². The summed E-state index contributed by atoms with van der Waals surface area (Å²) in [7, 11) is 1.59. The number of hydrogen-bond acceptors (Lipinski definition) is 7. The van der Waals surface area contributed by atoms with E-state index < -0.39 is 5.97 Å². The lowest BCUT2D eigenvalue weighted by Gasteiger charge is -2.30. The zero-order chi connectivity index (χ0) is 25.5. The molecule has 1 aromatic heterocycles. The van der Waals surface area contributed by atoms with Gasteiger partial charge in [0, 0.05) is 11.5 Å². The summed E-state index contributed by atoms with van der Waals surface area (Å²) >= 11 is 0. The molecule has 2 heterocycles. The molecule has 0 unspecified atom stereocenters. The molecule has 36 heavy (non-hydrogen) atoms. The van der Waals surface area contributed by atoms with Crippen molar-refractivity contribution in [1.29, 1.82) is 0 Å². The van der Waals surface area contributed by atoms with Gasteiger partial charge in [0.15, 0.2) is 11.6 Å². The van der Waals surface area contributed by atoms with E-state index in [0.717, 1.165) is 0 Å². The summed E-state index contributed by atoms with van der Waals surface area (Å²) < 4.78 is 11.8. The third-order valence-electron chi connectivity index (χ3n) is 6.22. The summed E-state index contributed by atoms with van der Waals surface area (Å²) in [6.07, 6.45) is 2.75. The number of Topliss-reactive ketones (excluding diaryl/α,β-unsaturated/α-hetero) is 1. The highest BCUT2D eigenvalue weighted by Crippen LogP contribution is 2.24. The Labute approximate surface area is 210 Å². The van der Waals surface area contributed by atoms with Crippen LogP contribution in [0.5, 0.6) is 5.75 Å². The smallest absolute Gasteiger partial charge is 0.343 e. The molecule has 1 N–H and O–H groups in total. The number of ketones is 1. The molecular weight excluding hydrogens is 460 g/mol. The fraction of sp³-hybridized carbons (Fsp3) is 0.333. The van der Waals surface area contributed by atoms with Crippen molar-refractivity contribution in [3.8, 4) is 11.4 Å². The number of ether oxygens (including phenoxy) is 2. The first kappa shape index (κ1) is 25.1. The number of benzene rings is 2. The van der Waals surface area contributed by atoms with Crippen LogP contribution in [0.4, 0.5) is 5.82 Å². The van der Waals surface area contributed by atoms with Crippen LogP contribution < -0.4 is 10.1 Å². The zero-order valence-corrected chi connectivity index (χ0v) is 20.5. The number of anilines is 1. The lowest BCUT2D eigenvalue weighted by atomic mass is 9.89. The molecule has 188 valence electrons. The summed E-state index contributed by atoms with van der Waals surface area (Å²) in [6, 6.07) is 16.4. The van der Waals surface area contributed by atoms with Crippen LogP contribution in [0.2, 0.25) is 0 Å². The second-order valence-electron chi connectivity index (χ2n) is 8.57. The second kappa shape index (κ2) is 11.6. The second-order valence-corrected chi connectivity index (χ2v) is 8.57. The van der Waals surface area contributed by atoms with E-state index in [9.17, 15) is 14.4 Å². The number of carbonyl (C=O) groups is 3. The maximum atomic E-state index is 13.0. The van der Waals surface area contributed by atoms with Crippen molar-refractivity contribution in [2.75, 3.05) is 38.7 Å². The van der Waals surface area contributed by atoms with Crippen molar-refractivity contribution in [1.82, 2.24) is 14.7 Å². The molecule has 1 aliphatic heterocycles. The van der Waals surface area contributed by atoms with Crippen LogP contribution in [0.1, 0.15) is 40.5 Å². The molecule has 0 atom stereocenters. The van der Waals surface area contributed by atoms with Crippen LogP contribution in [0.25, 0.3) is 5.69 Å². The third kappa shape index (κ3) is 5.80. The van der Waals surface area contributed by atoms with Gasteiger partial charge in [-0.25, -0.2) is 9.48 Å². The molecule has 0 bridgehead atoms. The van der Waals surface area contributed by atoms with E-state index in [-0.39, 0.29) is 42.1 Å². The number of rotatable bonds is 9. The quantitative estimate of drug-likeness (QED) is 0.361. The van der Waals surface area contributed by atoms with E-state index in [0.29, 0.717) is 42.9 Å². The Bertz CT molecular complexity index is 1200. The van der Waals surface area contributed by atoms with E-state index in [4.69, 9.17) is 9.47 Å². The number of carbonyl (C=O) groups excluding carboxylic acids is 3. The van der Waals surface area contributed by atoms with Crippen molar-refractivity contribution in [3.63, 3.8) is 0 Å². The minimum Gasteiger partial charge on any atom is -0.497 e. The van der Waals surface area contributed by atoms with E-state index in [1.165, 1.54) is 10.9 Å². The summed E-state index contributed by atoms with van der Waals surface area (Å²) in [6.45, 7) is 3.34. The SMILES string of the molecule is CCOC(=O)c1cnn(-c2ccccc2)c1NC(=O)CN1CCC(C(=O)c2ccc(OC)cc2)CC1. The van der Waals surface area contributed by atoms with E-state index >= 15 is 0 Å². The molecule has 0 radical (unpaired) electrons. The van der Waals surface area contributed by atoms with Gasteiger partial charge in [-0.15, -0.1) is 0 Å². The number of nitrogens with one attached hydrogen (secondary N) is 1. The van der Waals surface area contributed by atoms with Crippen LogP contribution in [0.15, 0.2) is 60.8 Å². The fourth-order valence-corrected chi connectivity index (χ4v) is 4.31. The number of likely N-dealkylation sites (tertiary alicyclic amines) is 1. The van der Waals surface area contributed by atoms with Crippen LogP contribution in [-0.4, -0.2) is 65.7 Å². The van der Waals surface area contributed by atoms with Gasteiger partial charge in [-0.05, 0) is 69.3 Å². The van der Waals surface area contributed by atoms with Gasteiger partial charge in [0.1, 0.15) is 11.3 Å². The number of amides is 1. The van der Waals surface area contributed by atoms with Crippen molar-refractivity contribution >= 4 is 23.5 Å². The van der Waals surface area contributed by atoms with E-state index in [1.807, 2.05) is 35.2 Å². The molecule has 4 rings (SSSR count). The largest absolute Gasteiger partial charge is 0.497 e. The van der Waals surface area contributed by atoms with Crippen LogP contribution in [-0.2, 0) is 9.53 Å². The Hall–Kier alpha value is -3.98. The molecule has 0 spiro atoms. The molecule has 1 aliphatic rings. The predicted molar refractivity (Wildman–Crippen MR) is 135 cm³/mol. The predicted octanol–water partition coefficient (Wildman–Crippen LogP) is 3.59. The number of esters is 1. The lowest BCUT2D eigenvalue weighted by Crippen LogP contribution is -2.41. The van der Waals surface area contributed by atoms with Crippen LogP contribution in [0, 0.1) is 5.92 Å². The lowest BCUT2D eigenvalue weighted by molar-refractivity contribution is -0.117. The van der Waals surface area contributed by atoms with Crippen molar-refractivity contribution in [2.45, 2.75) is 19.8 Å². The molecule has 0 saturated carbocycles. The van der Waals surface area contributed by atoms with Gasteiger partial charge in [0.05, 0.1) is 32.1 Å². The normalized spacial score (nSPS) is 14.3. The first-order valence-corrected chi connectivity index (χ1v) is 12.0. The van der Waals surface area contributed by atoms with Gasteiger partial charge in [-0.3, -0.25) is 14.5 Å². The Morgan fingerprint density at radius 1 is 1.03 bits per heavy atom. The van der Waals surface area contributed by atoms with E-state index in [2.05, 4.69) is 10.4 Å². The van der Waals surface area contributed by atoms with Crippen molar-refractivity contribution in [2.24, 2.45) is 5.92 Å². The molecule has 9 heteroatoms. The maximum Gasteiger partial charge on any atom is 0.343 e. The van der Waals surface area contributed by atoms with Gasteiger partial charge >= 0.3 is 5.97 Å². The Kier molecular flexibility index (Phi) is 8.12. The monoisotopic (exact) mass is 490 g/mol. The van der Waals surface area contributed by atoms with Gasteiger partial charge < -0.3 is 14.8 Å². The Morgan fingerprint density at radius 3 is 2.36 bits per heavy atom. The molecule has 1 amide bonds. The molecule has 1 saturated heterocycles. The number of hydrogen-bond donors (Lipinski definition) is 1. The highest BCUT2D eigenvalue weighted by molar-refractivity contribution is 6.01. The molecule has 2 aromatic carbocycles. The highest BCUT2D eigenvalue weighted by Gasteiger charge is 2.28. The number of para-hydroxylation sites is 1. The number of methoxy groups -OCH3 is 1. The number of piperidine rings is 1. The zero-order valence-electron chi connectivity index (χ0n) is 20.5. The minimum absolute atomic E-state index is 0.0763. The van der Waals surface area contributed by atoms with Gasteiger partial charge in [0.2, 0.25) is 5.91 Å². The maximum absolute atomic E-state index is 13.0. The molecule has 1 fully saturated rings. The standard InChI is InChI=1S/C27H30N4O5/c1-3-36-27(34)23-17-28-31(21-7-5-4-6-8-21)26(23)29-24(32)18-30-15-13-20(14-16-30)25(33)19-9-11-22(35-2)12-10-19/h4-12,17,20H,3,13-16,18H2,1-2H3,(H,29,32). The number of nitrogens with zero attached hydrogens (tertiary/aromatic N) is 3. The van der Waals surface area contributed by atoms with Gasteiger partial charge in [0.25, 0.3) is 0 Å². The first-order chi connectivity index (χ1) is 17.5. The Morgan fingerprint density at radius 2 is 1.72 bits per heavy atom. The average molecular weight is 491 g/mol.